The van der Waals surface area contributed by atoms with Crippen molar-refractivity contribution in [3.05, 3.63) is 59.7 Å². The molecule has 0 fully saturated rings. The third-order valence-electron chi connectivity index (χ3n) is 3.48. The van der Waals surface area contributed by atoms with E-state index in [2.05, 4.69) is 24.4 Å². The second-order valence-corrected chi connectivity index (χ2v) is 7.25. The van der Waals surface area contributed by atoms with E-state index in [4.69, 9.17) is 0 Å². The Morgan fingerprint density at radius 1 is 1.14 bits per heavy atom. The van der Waals surface area contributed by atoms with E-state index in [9.17, 15) is 4.79 Å². The van der Waals surface area contributed by atoms with E-state index in [0.717, 1.165) is 16.3 Å². The zero-order valence-electron chi connectivity index (χ0n) is 13.1. The number of thioether (sulfide) groups is 2. The monoisotopic (exact) mass is 331 g/mol. The standard InChI is InChI=1S/C18H21NOS2/c1-13-8-4-5-9-15(13)12-22-14(2)18(20)19-16-10-6-7-11-17(16)21-3/h4-11,14H,12H2,1-3H3,(H,19,20). The maximum absolute atomic E-state index is 12.3. The van der Waals surface area contributed by atoms with E-state index in [1.54, 1.807) is 23.5 Å². The Morgan fingerprint density at radius 3 is 2.55 bits per heavy atom. The largest absolute Gasteiger partial charge is 0.324 e. The number of nitrogens with one attached hydrogen (secondary N) is 1. The van der Waals surface area contributed by atoms with E-state index in [1.165, 1.54) is 11.1 Å². The molecule has 22 heavy (non-hydrogen) atoms. The van der Waals surface area contributed by atoms with Crippen LogP contribution < -0.4 is 5.32 Å². The molecule has 4 heteroatoms. The molecular weight excluding hydrogens is 310 g/mol. The molecule has 2 aromatic carbocycles. The highest BCUT2D eigenvalue weighted by Crippen LogP contribution is 2.26. The van der Waals surface area contributed by atoms with Gasteiger partial charge in [-0.3, -0.25) is 4.79 Å². The van der Waals surface area contributed by atoms with Crippen LogP contribution in [0.1, 0.15) is 18.1 Å². The number of para-hydroxylation sites is 1. The summed E-state index contributed by atoms with van der Waals surface area (Å²) < 4.78 is 0. The van der Waals surface area contributed by atoms with Crippen molar-refractivity contribution >= 4 is 35.1 Å². The number of carbonyl (C=O) groups is 1. The summed E-state index contributed by atoms with van der Waals surface area (Å²) in [6.45, 7) is 4.06. The predicted octanol–water partition coefficient (Wildman–Crippen LogP) is 4.98. The van der Waals surface area contributed by atoms with Crippen LogP contribution in [0.2, 0.25) is 0 Å². The van der Waals surface area contributed by atoms with Crippen molar-refractivity contribution in [1.82, 2.24) is 0 Å². The number of anilines is 1. The van der Waals surface area contributed by atoms with Gasteiger partial charge < -0.3 is 5.32 Å². The zero-order valence-corrected chi connectivity index (χ0v) is 14.8. The van der Waals surface area contributed by atoms with Crippen LogP contribution in [0.15, 0.2) is 53.4 Å². The van der Waals surface area contributed by atoms with E-state index in [-0.39, 0.29) is 11.2 Å². The first kappa shape index (κ1) is 17.0. The fourth-order valence-electron chi connectivity index (χ4n) is 2.04. The third-order valence-corrected chi connectivity index (χ3v) is 5.47. The molecule has 1 atom stereocenters. The quantitative estimate of drug-likeness (QED) is 0.757. The summed E-state index contributed by atoms with van der Waals surface area (Å²) in [5.74, 6) is 0.908. The SMILES string of the molecule is CSc1ccccc1NC(=O)C(C)SCc1ccccc1C. The maximum Gasteiger partial charge on any atom is 0.237 e. The van der Waals surface area contributed by atoms with Crippen LogP contribution in [0.25, 0.3) is 0 Å². The number of rotatable bonds is 6. The molecule has 1 unspecified atom stereocenters. The minimum atomic E-state index is -0.0884. The lowest BCUT2D eigenvalue weighted by molar-refractivity contribution is -0.115. The lowest BCUT2D eigenvalue weighted by atomic mass is 10.1. The molecular formula is C18H21NOS2. The Labute approximate surface area is 141 Å². The normalized spacial score (nSPS) is 12.0. The first-order chi connectivity index (χ1) is 10.6. The Balaban J connectivity index is 1.94. The van der Waals surface area contributed by atoms with Crippen LogP contribution >= 0.6 is 23.5 Å². The highest BCUT2D eigenvalue weighted by molar-refractivity contribution is 7.99. The average Bonchev–Trinajstić information content (AvgIpc) is 2.54. The second kappa shape index (κ2) is 8.30. The summed E-state index contributed by atoms with van der Waals surface area (Å²) >= 11 is 3.31. The predicted molar refractivity (Wildman–Crippen MR) is 98.8 cm³/mol. The molecule has 0 aliphatic rings. The minimum absolute atomic E-state index is 0.0556. The van der Waals surface area contributed by atoms with Gasteiger partial charge in [0.15, 0.2) is 0 Å². The Bertz CT molecular complexity index is 642. The third kappa shape index (κ3) is 4.55. The van der Waals surface area contributed by atoms with Crippen LogP contribution in [-0.2, 0) is 10.5 Å². The van der Waals surface area contributed by atoms with Gasteiger partial charge >= 0.3 is 0 Å². The number of hydrogen-bond donors (Lipinski definition) is 1. The number of carbonyl (C=O) groups excluding carboxylic acids is 1. The molecule has 0 bridgehead atoms. The molecule has 0 aromatic heterocycles. The zero-order chi connectivity index (χ0) is 15.9. The van der Waals surface area contributed by atoms with Gasteiger partial charge in [0.2, 0.25) is 5.91 Å². The van der Waals surface area contributed by atoms with Crippen molar-refractivity contribution in [2.24, 2.45) is 0 Å². The van der Waals surface area contributed by atoms with E-state index in [0.29, 0.717) is 0 Å². The Kier molecular flexibility index (Phi) is 6.40. The number of aryl methyl sites for hydroxylation is 1. The van der Waals surface area contributed by atoms with Gasteiger partial charge in [-0.15, -0.1) is 23.5 Å². The summed E-state index contributed by atoms with van der Waals surface area (Å²) in [6, 6.07) is 16.2. The summed E-state index contributed by atoms with van der Waals surface area (Å²) in [4.78, 5) is 13.4. The highest BCUT2D eigenvalue weighted by Gasteiger charge is 2.15. The van der Waals surface area contributed by atoms with E-state index >= 15 is 0 Å². The van der Waals surface area contributed by atoms with E-state index in [1.807, 2.05) is 49.6 Å². The fraction of sp³-hybridized carbons (Fsp3) is 0.278. The summed E-state index contributed by atoms with van der Waals surface area (Å²) in [6.07, 6.45) is 2.02. The van der Waals surface area contributed by atoms with Gasteiger partial charge in [-0.05, 0) is 43.4 Å². The van der Waals surface area contributed by atoms with E-state index < -0.39 is 0 Å². The number of benzene rings is 2. The van der Waals surface area contributed by atoms with Crippen molar-refractivity contribution in [2.75, 3.05) is 11.6 Å². The van der Waals surface area contributed by atoms with Gasteiger partial charge in [-0.1, -0.05) is 36.4 Å². The summed E-state index contributed by atoms with van der Waals surface area (Å²) in [5, 5.41) is 2.94. The fourth-order valence-corrected chi connectivity index (χ4v) is 3.56. The molecule has 0 saturated heterocycles. The average molecular weight is 332 g/mol. The van der Waals surface area contributed by atoms with Crippen molar-refractivity contribution < 1.29 is 4.79 Å². The van der Waals surface area contributed by atoms with Gasteiger partial charge in [-0.2, -0.15) is 0 Å². The molecule has 2 aromatic rings. The maximum atomic E-state index is 12.3. The molecule has 2 nitrogen and oxygen atoms in total. The van der Waals surface area contributed by atoms with Crippen LogP contribution in [0.3, 0.4) is 0 Å². The molecule has 0 aliphatic carbocycles. The van der Waals surface area contributed by atoms with Crippen molar-refractivity contribution in [2.45, 2.75) is 29.7 Å². The Morgan fingerprint density at radius 2 is 1.82 bits per heavy atom. The minimum Gasteiger partial charge on any atom is -0.324 e. The van der Waals surface area contributed by atoms with Gasteiger partial charge in [0, 0.05) is 10.6 Å². The summed E-state index contributed by atoms with van der Waals surface area (Å²) in [5.41, 5.74) is 3.45. The second-order valence-electron chi connectivity index (χ2n) is 5.07. The lowest BCUT2D eigenvalue weighted by Crippen LogP contribution is -2.22. The van der Waals surface area contributed by atoms with Gasteiger partial charge in [0.05, 0.1) is 10.9 Å². The van der Waals surface area contributed by atoms with Gasteiger partial charge in [0.25, 0.3) is 0 Å². The molecule has 0 saturated carbocycles. The van der Waals surface area contributed by atoms with Gasteiger partial charge in [-0.25, -0.2) is 0 Å². The number of hydrogen-bond acceptors (Lipinski definition) is 3. The van der Waals surface area contributed by atoms with Crippen LogP contribution in [0.4, 0.5) is 5.69 Å². The first-order valence-electron chi connectivity index (χ1n) is 7.22. The molecule has 116 valence electrons. The molecule has 1 N–H and O–H groups in total. The molecule has 1 amide bonds. The van der Waals surface area contributed by atoms with Crippen LogP contribution in [0, 0.1) is 6.92 Å². The van der Waals surface area contributed by atoms with Crippen LogP contribution in [0.5, 0.6) is 0 Å². The molecule has 0 heterocycles. The van der Waals surface area contributed by atoms with Gasteiger partial charge in [0.1, 0.15) is 0 Å². The molecule has 0 spiro atoms. The Hall–Kier alpha value is -1.39. The van der Waals surface area contributed by atoms with Crippen molar-refractivity contribution in [3.8, 4) is 0 Å². The molecule has 0 aliphatic heterocycles. The highest BCUT2D eigenvalue weighted by atomic mass is 32.2. The summed E-state index contributed by atoms with van der Waals surface area (Å²) in [7, 11) is 0. The number of amides is 1. The van der Waals surface area contributed by atoms with Crippen LogP contribution in [-0.4, -0.2) is 17.4 Å². The first-order valence-corrected chi connectivity index (χ1v) is 9.49. The molecule has 2 rings (SSSR count). The lowest BCUT2D eigenvalue weighted by Gasteiger charge is -2.14. The van der Waals surface area contributed by atoms with Crippen molar-refractivity contribution in [1.29, 1.82) is 0 Å². The topological polar surface area (TPSA) is 29.1 Å². The smallest absolute Gasteiger partial charge is 0.237 e. The molecule has 0 radical (unpaired) electrons. The van der Waals surface area contributed by atoms with Crippen molar-refractivity contribution in [3.63, 3.8) is 0 Å².